The number of carboxylic acid groups (broad SMARTS) is 1. The molecule has 2 amide bonds. The van der Waals surface area contributed by atoms with Crippen LogP contribution in [-0.2, 0) is 4.79 Å². The van der Waals surface area contributed by atoms with E-state index in [4.69, 9.17) is 20.1 Å². The Bertz CT molecular complexity index is 770. The monoisotopic (exact) mass is 433 g/mol. The Morgan fingerprint density at radius 1 is 1.19 bits per heavy atom. The van der Waals surface area contributed by atoms with E-state index in [0.717, 1.165) is 30.4 Å². The number of carbonyl (C=O) groups excluding carboxylic acids is 1. The minimum atomic E-state index is -0.861. The molecule has 1 atom stereocenters. The molecule has 2 aliphatic rings. The molecule has 4 N–H and O–H groups in total. The summed E-state index contributed by atoms with van der Waals surface area (Å²) in [6, 6.07) is 3.20. The van der Waals surface area contributed by atoms with Gasteiger partial charge in [-0.2, -0.15) is 0 Å². The lowest BCUT2D eigenvalue weighted by Gasteiger charge is -2.29. The standard InChI is InChI=1S/C22H31N3O6/c26-12-19(13-27)24-21(28)17-3-1-16(2-4-17)18-5-6-20(23-11-18)31-14-15-7-9-25(10-8-15)22(29)30/h1,5-6,11,15,17,19,26-27H,2-4,7-10,12-14H2,(H,24,28)(H,29,30). The summed E-state index contributed by atoms with van der Waals surface area (Å²) in [4.78, 5) is 29.0. The lowest BCUT2D eigenvalue weighted by molar-refractivity contribution is -0.126. The SMILES string of the molecule is O=C(NC(CO)CO)C1CC=C(c2ccc(OCC3CCN(C(=O)O)CC3)nc2)CC1. The first-order valence-electron chi connectivity index (χ1n) is 10.8. The molecule has 1 unspecified atom stereocenters. The van der Waals surface area contributed by atoms with Crippen molar-refractivity contribution in [1.29, 1.82) is 0 Å². The number of piperidine rings is 1. The molecule has 0 aromatic carbocycles. The Labute approximate surface area is 181 Å². The van der Waals surface area contributed by atoms with E-state index in [9.17, 15) is 9.59 Å². The van der Waals surface area contributed by atoms with Crippen LogP contribution >= 0.6 is 0 Å². The van der Waals surface area contributed by atoms with Crippen LogP contribution in [0.5, 0.6) is 5.88 Å². The van der Waals surface area contributed by atoms with E-state index in [1.807, 2.05) is 12.1 Å². The molecule has 0 bridgehead atoms. The zero-order valence-corrected chi connectivity index (χ0v) is 17.6. The summed E-state index contributed by atoms with van der Waals surface area (Å²) < 4.78 is 5.80. The maximum atomic E-state index is 12.2. The van der Waals surface area contributed by atoms with Gasteiger partial charge in [0.25, 0.3) is 0 Å². The number of nitrogens with zero attached hydrogens (tertiary/aromatic N) is 2. The molecule has 1 fully saturated rings. The third-order valence-corrected chi connectivity index (χ3v) is 6.03. The Balaban J connectivity index is 1.45. The zero-order chi connectivity index (χ0) is 22.2. The van der Waals surface area contributed by atoms with E-state index in [-0.39, 0.29) is 25.0 Å². The Morgan fingerprint density at radius 2 is 1.94 bits per heavy atom. The average Bonchev–Trinajstić information content (AvgIpc) is 2.81. The van der Waals surface area contributed by atoms with E-state index < -0.39 is 12.1 Å². The van der Waals surface area contributed by atoms with Gasteiger partial charge in [0.1, 0.15) is 0 Å². The highest BCUT2D eigenvalue weighted by atomic mass is 16.5. The first kappa shape index (κ1) is 23.0. The van der Waals surface area contributed by atoms with Crippen molar-refractivity contribution in [3.05, 3.63) is 30.0 Å². The molecule has 31 heavy (non-hydrogen) atoms. The van der Waals surface area contributed by atoms with Crippen LogP contribution in [0.2, 0.25) is 0 Å². The van der Waals surface area contributed by atoms with Gasteiger partial charge in [-0.3, -0.25) is 4.79 Å². The molecule has 1 aromatic rings. The molecule has 170 valence electrons. The third-order valence-electron chi connectivity index (χ3n) is 6.03. The number of amides is 2. The number of carbonyl (C=O) groups is 2. The topological polar surface area (TPSA) is 132 Å². The van der Waals surface area contributed by atoms with E-state index in [0.29, 0.717) is 44.3 Å². The van der Waals surface area contributed by atoms with E-state index in [1.54, 1.807) is 6.20 Å². The molecule has 2 heterocycles. The second-order valence-electron chi connectivity index (χ2n) is 8.18. The van der Waals surface area contributed by atoms with Crippen LogP contribution in [0.4, 0.5) is 4.79 Å². The lowest BCUT2D eigenvalue weighted by Crippen LogP contribution is -2.43. The van der Waals surface area contributed by atoms with Gasteiger partial charge < -0.3 is 30.3 Å². The first-order chi connectivity index (χ1) is 15.0. The number of allylic oxidation sites excluding steroid dienone is 2. The Hall–Kier alpha value is -2.65. The summed E-state index contributed by atoms with van der Waals surface area (Å²) in [5.74, 6) is 0.585. The molecule has 1 aromatic heterocycles. The Kier molecular flexibility index (Phi) is 8.25. The van der Waals surface area contributed by atoms with E-state index >= 15 is 0 Å². The van der Waals surface area contributed by atoms with Gasteiger partial charge in [-0.1, -0.05) is 6.08 Å². The summed E-state index contributed by atoms with van der Waals surface area (Å²) in [6.07, 6.45) is 6.63. The predicted molar refractivity (Wildman–Crippen MR) is 113 cm³/mol. The second-order valence-corrected chi connectivity index (χ2v) is 8.18. The fourth-order valence-corrected chi connectivity index (χ4v) is 3.95. The van der Waals surface area contributed by atoms with Crippen LogP contribution < -0.4 is 10.1 Å². The highest BCUT2D eigenvalue weighted by Crippen LogP contribution is 2.30. The number of aliphatic hydroxyl groups excluding tert-OH is 2. The number of aromatic nitrogens is 1. The molecule has 9 heteroatoms. The molecular formula is C22H31N3O6. The lowest BCUT2D eigenvalue weighted by atomic mass is 9.86. The van der Waals surface area contributed by atoms with Gasteiger partial charge in [-0.05, 0) is 55.2 Å². The second kappa shape index (κ2) is 11.1. The van der Waals surface area contributed by atoms with Gasteiger partial charge in [-0.25, -0.2) is 9.78 Å². The van der Waals surface area contributed by atoms with Crippen LogP contribution in [0, 0.1) is 11.8 Å². The number of pyridine rings is 1. The van der Waals surface area contributed by atoms with E-state index in [2.05, 4.69) is 16.4 Å². The van der Waals surface area contributed by atoms with Gasteiger partial charge in [0.15, 0.2) is 0 Å². The molecule has 0 radical (unpaired) electrons. The van der Waals surface area contributed by atoms with Crippen molar-refractivity contribution in [2.45, 2.75) is 38.1 Å². The van der Waals surface area contributed by atoms with Gasteiger partial charge in [0, 0.05) is 31.3 Å². The summed E-state index contributed by atoms with van der Waals surface area (Å²) in [5, 5.41) is 29.9. The maximum absolute atomic E-state index is 12.2. The maximum Gasteiger partial charge on any atom is 0.407 e. The van der Waals surface area contributed by atoms with Crippen molar-refractivity contribution in [1.82, 2.24) is 15.2 Å². The molecular weight excluding hydrogens is 402 g/mol. The summed E-state index contributed by atoms with van der Waals surface area (Å²) in [7, 11) is 0. The molecule has 3 rings (SSSR count). The smallest absolute Gasteiger partial charge is 0.407 e. The number of aliphatic hydroxyl groups is 2. The fraction of sp³-hybridized carbons (Fsp3) is 0.591. The van der Waals surface area contributed by atoms with Crippen LogP contribution in [0.3, 0.4) is 0 Å². The van der Waals surface area contributed by atoms with Crippen LogP contribution in [0.25, 0.3) is 5.57 Å². The van der Waals surface area contributed by atoms with Crippen molar-refractivity contribution < 1.29 is 29.6 Å². The van der Waals surface area contributed by atoms with Gasteiger partial charge in [0.2, 0.25) is 11.8 Å². The third kappa shape index (κ3) is 6.41. The highest BCUT2D eigenvalue weighted by molar-refractivity contribution is 5.80. The zero-order valence-electron chi connectivity index (χ0n) is 17.6. The van der Waals surface area contributed by atoms with Crippen molar-refractivity contribution in [3.8, 4) is 5.88 Å². The minimum absolute atomic E-state index is 0.139. The van der Waals surface area contributed by atoms with Crippen LogP contribution in [-0.4, -0.2) is 76.2 Å². The van der Waals surface area contributed by atoms with Gasteiger partial charge in [-0.15, -0.1) is 0 Å². The highest BCUT2D eigenvalue weighted by Gasteiger charge is 2.24. The van der Waals surface area contributed by atoms with Gasteiger partial charge in [0.05, 0.1) is 25.9 Å². The average molecular weight is 434 g/mol. The Morgan fingerprint density at radius 3 is 2.48 bits per heavy atom. The number of ether oxygens (including phenoxy) is 1. The molecule has 1 aliphatic carbocycles. The minimum Gasteiger partial charge on any atom is -0.477 e. The quantitative estimate of drug-likeness (QED) is 0.488. The van der Waals surface area contributed by atoms with E-state index in [1.165, 1.54) is 4.90 Å². The molecule has 0 saturated carbocycles. The summed E-state index contributed by atoms with van der Waals surface area (Å²) >= 11 is 0. The summed E-state index contributed by atoms with van der Waals surface area (Å²) in [5.41, 5.74) is 2.15. The number of nitrogens with one attached hydrogen (secondary N) is 1. The van der Waals surface area contributed by atoms with Crippen LogP contribution in [0.1, 0.15) is 37.7 Å². The molecule has 1 aliphatic heterocycles. The predicted octanol–water partition coefficient (Wildman–Crippen LogP) is 1.50. The number of hydrogen-bond acceptors (Lipinski definition) is 6. The number of likely N-dealkylation sites (tertiary alicyclic amines) is 1. The van der Waals surface area contributed by atoms with Crippen molar-refractivity contribution in [2.24, 2.45) is 11.8 Å². The number of rotatable bonds is 8. The van der Waals surface area contributed by atoms with Crippen molar-refractivity contribution in [3.63, 3.8) is 0 Å². The number of hydrogen-bond donors (Lipinski definition) is 4. The molecule has 0 spiro atoms. The normalized spacial score (nSPS) is 19.8. The molecule has 9 nitrogen and oxygen atoms in total. The van der Waals surface area contributed by atoms with Gasteiger partial charge >= 0.3 is 6.09 Å². The first-order valence-corrected chi connectivity index (χ1v) is 10.8. The summed E-state index contributed by atoms with van der Waals surface area (Å²) in [6.45, 7) is 1.06. The molecule has 1 saturated heterocycles. The van der Waals surface area contributed by atoms with Crippen LogP contribution in [0.15, 0.2) is 24.4 Å². The van der Waals surface area contributed by atoms with Crippen molar-refractivity contribution in [2.75, 3.05) is 32.9 Å². The van der Waals surface area contributed by atoms with Crippen molar-refractivity contribution >= 4 is 17.6 Å². The largest absolute Gasteiger partial charge is 0.477 e. The fourth-order valence-electron chi connectivity index (χ4n) is 3.95.